The summed E-state index contributed by atoms with van der Waals surface area (Å²) in [6.45, 7) is 8.48. The molecule has 6 heterocycles. The maximum atomic E-state index is 13.6. The molecule has 3 amide bonds. The maximum Gasteiger partial charge on any atom is 0.353 e. The Balaban J connectivity index is 1.07. The van der Waals surface area contributed by atoms with E-state index in [1.807, 2.05) is 6.92 Å². The van der Waals surface area contributed by atoms with Crippen molar-refractivity contribution in [3.8, 4) is 0 Å². The van der Waals surface area contributed by atoms with Crippen molar-refractivity contribution >= 4 is 35.5 Å². The van der Waals surface area contributed by atoms with Crippen LogP contribution in [0, 0.1) is 17.8 Å². The SMILES string of the molecule is C[C@H]1C(S[C@@H]2CN[C@H](C(=O)N3CCC4CN(CCN)CCC43)C2)=C(C(=O)O)N2C(=O)[C@H]([C@@H](C)NC(=O)Cn3cnnn3)C12. The number of tetrazole rings is 1. The first-order valence-electron chi connectivity index (χ1n) is 15.1. The van der Waals surface area contributed by atoms with Crippen LogP contribution in [0.3, 0.4) is 0 Å². The van der Waals surface area contributed by atoms with E-state index in [2.05, 4.69) is 36.0 Å². The van der Waals surface area contributed by atoms with Gasteiger partial charge in [-0.3, -0.25) is 14.4 Å². The number of piperidine rings is 1. The molecule has 0 spiro atoms. The van der Waals surface area contributed by atoms with Gasteiger partial charge < -0.3 is 36.2 Å². The monoisotopic (exact) mass is 616 g/mol. The smallest absolute Gasteiger partial charge is 0.353 e. The molecule has 0 aromatic carbocycles. The summed E-state index contributed by atoms with van der Waals surface area (Å²) in [4.78, 5) is 58.3. The van der Waals surface area contributed by atoms with Crippen molar-refractivity contribution in [3.05, 3.63) is 16.9 Å². The van der Waals surface area contributed by atoms with Crippen molar-refractivity contribution in [2.45, 2.75) is 69.1 Å². The Morgan fingerprint density at radius 2 is 2.09 bits per heavy atom. The Morgan fingerprint density at radius 1 is 1.28 bits per heavy atom. The van der Waals surface area contributed by atoms with Gasteiger partial charge in [0, 0.05) is 67.4 Å². The Kier molecular flexibility index (Phi) is 8.45. The number of likely N-dealkylation sites (tertiary alicyclic amines) is 2. The molecule has 234 valence electrons. The number of nitrogens with two attached hydrogens (primary N) is 1. The second kappa shape index (κ2) is 12.1. The normalized spacial score (nSPS) is 32.9. The molecular weight excluding hydrogens is 576 g/mol. The number of amides is 3. The molecule has 6 rings (SSSR count). The van der Waals surface area contributed by atoms with Crippen molar-refractivity contribution in [2.24, 2.45) is 23.5 Å². The molecule has 0 aliphatic carbocycles. The number of carboxylic acids is 1. The molecule has 4 saturated heterocycles. The average Bonchev–Trinajstić information content (AvgIpc) is 3.76. The van der Waals surface area contributed by atoms with Crippen LogP contribution in [0.15, 0.2) is 16.9 Å². The number of nitrogens with zero attached hydrogens (tertiary/aromatic N) is 7. The third-order valence-corrected chi connectivity index (χ3v) is 11.3. The molecule has 0 saturated carbocycles. The lowest BCUT2D eigenvalue weighted by Gasteiger charge is -2.47. The number of β-lactam (4-membered cyclic amide) rings is 1. The van der Waals surface area contributed by atoms with E-state index in [4.69, 9.17) is 5.73 Å². The highest BCUT2D eigenvalue weighted by Gasteiger charge is 2.60. The van der Waals surface area contributed by atoms with Gasteiger partial charge in [0.25, 0.3) is 0 Å². The third kappa shape index (κ3) is 5.53. The van der Waals surface area contributed by atoms with E-state index in [1.165, 1.54) is 27.7 Å². The topological polar surface area (TPSA) is 192 Å². The Labute approximate surface area is 253 Å². The van der Waals surface area contributed by atoms with Crippen molar-refractivity contribution in [1.82, 2.24) is 45.5 Å². The van der Waals surface area contributed by atoms with E-state index in [0.717, 1.165) is 39.0 Å². The lowest BCUT2D eigenvalue weighted by Crippen LogP contribution is -2.66. The largest absolute Gasteiger partial charge is 0.477 e. The maximum absolute atomic E-state index is 13.6. The molecule has 16 heteroatoms. The number of fused-ring (bicyclic) bond motifs is 2. The van der Waals surface area contributed by atoms with Crippen LogP contribution in [0.4, 0.5) is 0 Å². The van der Waals surface area contributed by atoms with Gasteiger partial charge in [-0.1, -0.05) is 6.92 Å². The van der Waals surface area contributed by atoms with E-state index >= 15 is 0 Å². The molecule has 5 N–H and O–H groups in total. The van der Waals surface area contributed by atoms with E-state index in [1.54, 1.807) is 6.92 Å². The fourth-order valence-corrected chi connectivity index (χ4v) is 9.24. The molecule has 0 radical (unpaired) electrons. The summed E-state index contributed by atoms with van der Waals surface area (Å²) in [5, 5.41) is 27.1. The molecule has 0 bridgehead atoms. The first-order valence-corrected chi connectivity index (χ1v) is 16.0. The molecule has 43 heavy (non-hydrogen) atoms. The molecule has 3 unspecified atom stereocenters. The minimum atomic E-state index is -1.14. The summed E-state index contributed by atoms with van der Waals surface area (Å²) in [5.41, 5.74) is 5.78. The zero-order valence-corrected chi connectivity index (χ0v) is 25.3. The fourth-order valence-electron chi connectivity index (χ4n) is 7.77. The van der Waals surface area contributed by atoms with Crippen LogP contribution in [0.1, 0.15) is 33.1 Å². The van der Waals surface area contributed by atoms with Gasteiger partial charge in [-0.15, -0.1) is 16.9 Å². The van der Waals surface area contributed by atoms with Gasteiger partial charge in [0.2, 0.25) is 17.7 Å². The summed E-state index contributed by atoms with van der Waals surface area (Å²) < 4.78 is 1.29. The van der Waals surface area contributed by atoms with E-state index in [9.17, 15) is 24.3 Å². The molecule has 5 aliphatic heterocycles. The van der Waals surface area contributed by atoms with Gasteiger partial charge in [-0.05, 0) is 42.5 Å². The van der Waals surface area contributed by atoms with Crippen molar-refractivity contribution in [2.75, 3.05) is 39.3 Å². The number of carboxylic acid groups (broad SMARTS) is 1. The molecule has 8 atom stereocenters. The second-order valence-corrected chi connectivity index (χ2v) is 13.7. The molecule has 1 aromatic rings. The summed E-state index contributed by atoms with van der Waals surface area (Å²) in [6.07, 6.45) is 3.91. The third-order valence-electron chi connectivity index (χ3n) is 9.75. The number of hydrogen-bond acceptors (Lipinski definition) is 11. The number of carbonyl (C=O) groups excluding carboxylic acids is 3. The number of aromatic nitrogens is 4. The molecule has 5 aliphatic rings. The summed E-state index contributed by atoms with van der Waals surface area (Å²) in [7, 11) is 0. The predicted octanol–water partition coefficient (Wildman–Crippen LogP) is -1.70. The lowest BCUT2D eigenvalue weighted by atomic mass is 9.78. The number of thioether (sulfide) groups is 1. The van der Waals surface area contributed by atoms with Crippen LogP contribution in [0.2, 0.25) is 0 Å². The van der Waals surface area contributed by atoms with Gasteiger partial charge in [0.1, 0.15) is 18.6 Å². The summed E-state index contributed by atoms with van der Waals surface area (Å²) >= 11 is 1.47. The number of rotatable bonds is 10. The Morgan fingerprint density at radius 3 is 2.81 bits per heavy atom. The average molecular weight is 617 g/mol. The number of aliphatic carboxylic acids is 1. The van der Waals surface area contributed by atoms with Crippen LogP contribution < -0.4 is 16.4 Å². The lowest BCUT2D eigenvalue weighted by molar-refractivity contribution is -0.158. The number of hydrogen-bond donors (Lipinski definition) is 4. The Hall–Kier alpha value is -3.08. The fraction of sp³-hybridized carbons (Fsp3) is 0.741. The van der Waals surface area contributed by atoms with Gasteiger partial charge in [0.15, 0.2) is 0 Å². The quantitative estimate of drug-likeness (QED) is 0.218. The predicted molar refractivity (Wildman–Crippen MR) is 155 cm³/mol. The zero-order chi connectivity index (χ0) is 30.4. The van der Waals surface area contributed by atoms with E-state index in [-0.39, 0.29) is 59.3 Å². The van der Waals surface area contributed by atoms with Crippen LogP contribution in [0.5, 0.6) is 0 Å². The van der Waals surface area contributed by atoms with Gasteiger partial charge >= 0.3 is 5.97 Å². The van der Waals surface area contributed by atoms with Crippen molar-refractivity contribution in [1.29, 1.82) is 0 Å². The highest BCUT2D eigenvalue weighted by atomic mass is 32.2. The van der Waals surface area contributed by atoms with Crippen LogP contribution in [-0.2, 0) is 25.7 Å². The zero-order valence-electron chi connectivity index (χ0n) is 24.5. The van der Waals surface area contributed by atoms with Gasteiger partial charge in [-0.2, -0.15) is 0 Å². The van der Waals surface area contributed by atoms with Crippen molar-refractivity contribution in [3.63, 3.8) is 0 Å². The highest BCUT2D eigenvalue weighted by molar-refractivity contribution is 8.03. The highest BCUT2D eigenvalue weighted by Crippen LogP contribution is 2.52. The van der Waals surface area contributed by atoms with Crippen LogP contribution >= 0.6 is 11.8 Å². The van der Waals surface area contributed by atoms with Crippen LogP contribution in [-0.4, -0.2) is 132 Å². The summed E-state index contributed by atoms with van der Waals surface area (Å²) in [5.74, 6) is -1.92. The molecule has 15 nitrogen and oxygen atoms in total. The summed E-state index contributed by atoms with van der Waals surface area (Å²) in [6, 6.07) is -0.886. The Bertz CT molecular complexity index is 1290. The minimum Gasteiger partial charge on any atom is -0.477 e. The van der Waals surface area contributed by atoms with E-state index in [0.29, 0.717) is 30.3 Å². The number of carbonyl (C=O) groups is 4. The first kappa shape index (κ1) is 30.0. The standard InChI is InChI=1S/C27H40N10O5S/c1-14-22-21(15(2)31-20(38)12-35-13-30-32-33-35)26(40)37(22)23(27(41)42)24(14)43-17-9-18(29-10-17)25(39)36-7-3-16-11-34(8-5-28)6-4-19(16)36/h13-19,21-22,29H,3-12,28H2,1-2H3,(H,31,38)(H,41,42)/t14-,15-,16?,17+,18+,19?,21-,22?/m1/s1. The van der Waals surface area contributed by atoms with Gasteiger partial charge in [0.05, 0.1) is 18.0 Å². The number of nitrogens with one attached hydrogen (secondary N) is 2. The minimum absolute atomic E-state index is 0.00576. The molecular formula is C27H40N10O5S. The molecule has 1 aromatic heterocycles. The van der Waals surface area contributed by atoms with E-state index < -0.39 is 17.9 Å². The van der Waals surface area contributed by atoms with Gasteiger partial charge in [-0.25, -0.2) is 9.48 Å². The first-order chi connectivity index (χ1) is 20.7. The molecule has 4 fully saturated rings. The second-order valence-electron chi connectivity index (χ2n) is 12.4. The van der Waals surface area contributed by atoms with Crippen LogP contribution in [0.25, 0.3) is 0 Å². The van der Waals surface area contributed by atoms with Crippen molar-refractivity contribution < 1.29 is 24.3 Å².